The van der Waals surface area contributed by atoms with Crippen molar-refractivity contribution in [1.29, 1.82) is 0 Å². The molecule has 1 saturated heterocycles. The molecule has 2 aliphatic heterocycles. The van der Waals surface area contributed by atoms with Gasteiger partial charge in [-0.05, 0) is 44.5 Å². The number of likely N-dealkylation sites (N-methyl/N-ethyl adjacent to an activating group) is 1. The van der Waals surface area contributed by atoms with E-state index in [-0.39, 0.29) is 24.3 Å². The van der Waals surface area contributed by atoms with E-state index in [0.717, 1.165) is 26.2 Å². The highest BCUT2D eigenvalue weighted by Crippen LogP contribution is 2.22. The van der Waals surface area contributed by atoms with Crippen LogP contribution in [0.25, 0.3) is 0 Å². The summed E-state index contributed by atoms with van der Waals surface area (Å²) in [6.45, 7) is 4.19. The minimum absolute atomic E-state index is 0.0656. The zero-order valence-corrected chi connectivity index (χ0v) is 14.7. The number of hydrogen-bond donors (Lipinski definition) is 0. The Hall–Kier alpha value is -2.21. The number of hydrogen-bond acceptors (Lipinski definition) is 4. The normalized spacial score (nSPS) is 17.2. The second-order valence-electron chi connectivity index (χ2n) is 6.78. The van der Waals surface area contributed by atoms with Crippen LogP contribution in [0, 0.1) is 0 Å². The molecule has 3 amide bonds. The predicted molar refractivity (Wildman–Crippen MR) is 94.4 cm³/mol. The lowest BCUT2D eigenvalue weighted by Gasteiger charge is -2.22. The van der Waals surface area contributed by atoms with Gasteiger partial charge in [0.05, 0.1) is 11.1 Å². The largest absolute Gasteiger partial charge is 0.344 e. The summed E-state index contributed by atoms with van der Waals surface area (Å²) in [7, 11) is 1.82. The highest BCUT2D eigenvalue weighted by molar-refractivity contribution is 6.21. The summed E-state index contributed by atoms with van der Waals surface area (Å²) in [5.74, 6) is -0.443. The molecule has 2 aliphatic rings. The fourth-order valence-electron chi connectivity index (χ4n) is 3.44. The van der Waals surface area contributed by atoms with Gasteiger partial charge in [0.2, 0.25) is 5.91 Å². The minimum Gasteiger partial charge on any atom is -0.344 e. The van der Waals surface area contributed by atoms with Gasteiger partial charge in [0.25, 0.3) is 11.8 Å². The van der Waals surface area contributed by atoms with E-state index in [2.05, 4.69) is 4.90 Å². The Labute approximate surface area is 148 Å². The lowest BCUT2D eigenvalue weighted by Crippen LogP contribution is -2.36. The third kappa shape index (κ3) is 3.90. The number of fused-ring (bicyclic) bond motifs is 1. The predicted octanol–water partition coefficient (Wildman–Crippen LogP) is 1.62. The molecule has 0 bridgehead atoms. The average molecular weight is 343 g/mol. The summed E-state index contributed by atoms with van der Waals surface area (Å²) in [6, 6.07) is 6.86. The van der Waals surface area contributed by atoms with Gasteiger partial charge >= 0.3 is 0 Å². The molecule has 0 unspecified atom stereocenters. The van der Waals surface area contributed by atoms with Crippen LogP contribution in [0.15, 0.2) is 24.3 Å². The van der Waals surface area contributed by atoms with E-state index in [1.54, 1.807) is 29.2 Å². The van der Waals surface area contributed by atoms with E-state index < -0.39 is 0 Å². The van der Waals surface area contributed by atoms with Crippen molar-refractivity contribution in [3.63, 3.8) is 0 Å². The monoisotopic (exact) mass is 343 g/mol. The van der Waals surface area contributed by atoms with Gasteiger partial charge in [-0.2, -0.15) is 0 Å². The molecular weight excluding hydrogens is 318 g/mol. The third-order valence-corrected chi connectivity index (χ3v) is 5.03. The zero-order valence-electron chi connectivity index (χ0n) is 14.7. The SMILES string of the molecule is CN(CCN1CCCC1)C(=O)CCCN1C(=O)c2ccccc2C1=O. The Balaban J connectivity index is 1.42. The second kappa shape index (κ2) is 7.78. The van der Waals surface area contributed by atoms with Crippen LogP contribution in [0.1, 0.15) is 46.4 Å². The smallest absolute Gasteiger partial charge is 0.261 e. The first-order valence-corrected chi connectivity index (χ1v) is 8.99. The quantitative estimate of drug-likeness (QED) is 0.706. The molecule has 1 aromatic rings. The Morgan fingerprint density at radius 1 is 1.04 bits per heavy atom. The molecule has 1 fully saturated rings. The van der Waals surface area contributed by atoms with Crippen molar-refractivity contribution in [2.45, 2.75) is 25.7 Å². The molecule has 2 heterocycles. The van der Waals surface area contributed by atoms with Gasteiger partial charge in [-0.25, -0.2) is 0 Å². The molecule has 1 aromatic carbocycles. The lowest BCUT2D eigenvalue weighted by molar-refractivity contribution is -0.130. The topological polar surface area (TPSA) is 60.9 Å². The van der Waals surface area contributed by atoms with Crippen LogP contribution in [0.5, 0.6) is 0 Å². The number of carbonyl (C=O) groups excluding carboxylic acids is 3. The first kappa shape index (κ1) is 17.6. The van der Waals surface area contributed by atoms with Crippen LogP contribution < -0.4 is 0 Å². The molecule has 3 rings (SSSR count). The summed E-state index contributed by atoms with van der Waals surface area (Å²) in [6.07, 6.45) is 3.35. The molecule has 0 saturated carbocycles. The van der Waals surface area contributed by atoms with E-state index in [0.29, 0.717) is 24.0 Å². The average Bonchev–Trinajstić information content (AvgIpc) is 3.22. The number of amides is 3. The van der Waals surface area contributed by atoms with Crippen molar-refractivity contribution >= 4 is 17.7 Å². The van der Waals surface area contributed by atoms with E-state index in [1.807, 2.05) is 7.05 Å². The highest BCUT2D eigenvalue weighted by Gasteiger charge is 2.34. The molecule has 25 heavy (non-hydrogen) atoms. The number of nitrogens with zero attached hydrogens (tertiary/aromatic N) is 3. The molecule has 0 radical (unpaired) electrons. The zero-order chi connectivity index (χ0) is 17.8. The summed E-state index contributed by atoms with van der Waals surface area (Å²) in [5, 5.41) is 0. The number of benzene rings is 1. The summed E-state index contributed by atoms with van der Waals surface area (Å²) in [4.78, 5) is 42.1. The highest BCUT2D eigenvalue weighted by atomic mass is 16.2. The van der Waals surface area contributed by atoms with Crippen LogP contribution in [-0.2, 0) is 4.79 Å². The minimum atomic E-state index is -0.254. The van der Waals surface area contributed by atoms with Crippen LogP contribution in [0.4, 0.5) is 0 Å². The Morgan fingerprint density at radius 2 is 1.64 bits per heavy atom. The summed E-state index contributed by atoms with van der Waals surface area (Å²) >= 11 is 0. The molecule has 0 atom stereocenters. The number of imide groups is 1. The van der Waals surface area contributed by atoms with Gasteiger partial charge in [-0.1, -0.05) is 12.1 Å². The Morgan fingerprint density at radius 3 is 2.24 bits per heavy atom. The van der Waals surface area contributed by atoms with Gasteiger partial charge in [0.1, 0.15) is 0 Å². The molecule has 0 aromatic heterocycles. The van der Waals surface area contributed by atoms with Gasteiger partial charge < -0.3 is 9.80 Å². The maximum Gasteiger partial charge on any atom is 0.261 e. The maximum atomic E-state index is 12.3. The van der Waals surface area contributed by atoms with E-state index in [1.165, 1.54) is 17.7 Å². The van der Waals surface area contributed by atoms with E-state index in [9.17, 15) is 14.4 Å². The van der Waals surface area contributed by atoms with Gasteiger partial charge in [-0.3, -0.25) is 19.3 Å². The van der Waals surface area contributed by atoms with Crippen LogP contribution in [-0.4, -0.2) is 72.2 Å². The first-order chi connectivity index (χ1) is 12.1. The third-order valence-electron chi connectivity index (χ3n) is 5.03. The van der Waals surface area contributed by atoms with E-state index in [4.69, 9.17) is 0 Å². The number of carbonyl (C=O) groups is 3. The summed E-state index contributed by atoms with van der Waals surface area (Å²) < 4.78 is 0. The maximum absolute atomic E-state index is 12.3. The number of likely N-dealkylation sites (tertiary alicyclic amines) is 1. The van der Waals surface area contributed by atoms with Gasteiger partial charge in [-0.15, -0.1) is 0 Å². The van der Waals surface area contributed by atoms with Crippen molar-refractivity contribution in [3.8, 4) is 0 Å². The van der Waals surface area contributed by atoms with Gasteiger partial charge in [0.15, 0.2) is 0 Å². The molecule has 0 spiro atoms. The summed E-state index contributed by atoms with van der Waals surface area (Å²) in [5.41, 5.74) is 0.920. The molecule has 6 nitrogen and oxygen atoms in total. The first-order valence-electron chi connectivity index (χ1n) is 8.99. The Kier molecular flexibility index (Phi) is 5.48. The molecular formula is C19H25N3O3. The molecule has 0 aliphatic carbocycles. The second-order valence-corrected chi connectivity index (χ2v) is 6.78. The number of rotatable bonds is 7. The molecule has 134 valence electrons. The van der Waals surface area contributed by atoms with Crippen LogP contribution in [0.3, 0.4) is 0 Å². The van der Waals surface area contributed by atoms with Crippen molar-refractivity contribution in [3.05, 3.63) is 35.4 Å². The van der Waals surface area contributed by atoms with Gasteiger partial charge in [0, 0.05) is 33.1 Å². The Bertz CT molecular complexity index is 633. The van der Waals surface area contributed by atoms with E-state index >= 15 is 0 Å². The van der Waals surface area contributed by atoms with Crippen LogP contribution >= 0.6 is 0 Å². The van der Waals surface area contributed by atoms with Crippen molar-refractivity contribution < 1.29 is 14.4 Å². The van der Waals surface area contributed by atoms with Crippen LogP contribution in [0.2, 0.25) is 0 Å². The standard InChI is InChI=1S/C19H25N3O3/c1-20(13-14-21-10-4-5-11-21)17(23)9-6-12-22-18(24)15-7-2-3-8-16(15)19(22)25/h2-3,7-8H,4-6,9-14H2,1H3. The fourth-order valence-corrected chi connectivity index (χ4v) is 3.44. The fraction of sp³-hybridized carbons (Fsp3) is 0.526. The van der Waals surface area contributed by atoms with Crippen molar-refractivity contribution in [2.24, 2.45) is 0 Å². The van der Waals surface area contributed by atoms with Crippen molar-refractivity contribution in [2.75, 3.05) is 39.8 Å². The molecule has 6 heteroatoms. The lowest BCUT2D eigenvalue weighted by atomic mass is 10.1. The molecule has 0 N–H and O–H groups in total. The van der Waals surface area contributed by atoms with Crippen molar-refractivity contribution in [1.82, 2.24) is 14.7 Å².